The first kappa shape index (κ1) is 25.3. The molecule has 2 atom stereocenters. The average Bonchev–Trinajstić information content (AvgIpc) is 2.93. The molecule has 0 aromatic heterocycles. The van der Waals surface area contributed by atoms with Gasteiger partial charge in [-0.15, -0.1) is 0 Å². The van der Waals surface area contributed by atoms with Gasteiger partial charge in [0.25, 0.3) is 11.8 Å². The Bertz CT molecular complexity index is 1450. The van der Waals surface area contributed by atoms with Crippen molar-refractivity contribution in [1.29, 1.82) is 0 Å². The highest BCUT2D eigenvalue weighted by Crippen LogP contribution is 2.38. The lowest BCUT2D eigenvalue weighted by atomic mass is 9.87. The predicted octanol–water partition coefficient (Wildman–Crippen LogP) is 6.50. The van der Waals surface area contributed by atoms with Crippen LogP contribution in [0.1, 0.15) is 51.1 Å². The van der Waals surface area contributed by atoms with Crippen LogP contribution in [0.4, 0.5) is 5.69 Å². The zero-order valence-electron chi connectivity index (χ0n) is 22.0. The Morgan fingerprint density at radius 2 is 1.63 bits per heavy atom. The standard InChI is InChI=1S/C33H32N2O3/c1-22-12-15-28(16-13-22)34-32(36)24(3)38-29-17-14-25-18-19-35(33(37)26-9-5-4-6-10-26)31(30(25)21-29)27-11-7-8-23(2)20-27/h4-17,20-21,24,31H,18-19H2,1-3H3,(H,34,36)/t24-,31+/m0/s1. The number of benzene rings is 4. The zero-order chi connectivity index (χ0) is 26.6. The maximum Gasteiger partial charge on any atom is 0.265 e. The largest absolute Gasteiger partial charge is 0.481 e. The van der Waals surface area contributed by atoms with Crippen LogP contribution in [0.15, 0.2) is 97.1 Å². The van der Waals surface area contributed by atoms with Gasteiger partial charge in [-0.05, 0) is 80.3 Å². The molecule has 0 unspecified atom stereocenters. The molecule has 2 amide bonds. The summed E-state index contributed by atoms with van der Waals surface area (Å²) in [6, 6.07) is 31.1. The van der Waals surface area contributed by atoms with E-state index in [4.69, 9.17) is 4.74 Å². The Morgan fingerprint density at radius 3 is 2.37 bits per heavy atom. The number of hydrogen-bond acceptors (Lipinski definition) is 3. The number of anilines is 1. The van der Waals surface area contributed by atoms with E-state index in [1.54, 1.807) is 6.92 Å². The summed E-state index contributed by atoms with van der Waals surface area (Å²) < 4.78 is 6.11. The van der Waals surface area contributed by atoms with Crippen molar-refractivity contribution in [2.24, 2.45) is 0 Å². The van der Waals surface area contributed by atoms with Crippen molar-refractivity contribution in [3.8, 4) is 5.75 Å². The van der Waals surface area contributed by atoms with E-state index >= 15 is 0 Å². The second-order valence-corrected chi connectivity index (χ2v) is 9.91. The molecule has 38 heavy (non-hydrogen) atoms. The van der Waals surface area contributed by atoms with Crippen LogP contribution in [0.25, 0.3) is 0 Å². The number of nitrogens with zero attached hydrogens (tertiary/aromatic N) is 1. The van der Waals surface area contributed by atoms with E-state index in [9.17, 15) is 9.59 Å². The Labute approximate surface area is 224 Å². The maximum atomic E-state index is 13.7. The van der Waals surface area contributed by atoms with Crippen LogP contribution in [-0.4, -0.2) is 29.4 Å². The molecular formula is C33H32N2O3. The minimum absolute atomic E-state index is 0.0000729. The van der Waals surface area contributed by atoms with E-state index in [1.165, 1.54) is 5.56 Å². The molecular weight excluding hydrogens is 472 g/mol. The van der Waals surface area contributed by atoms with Crippen molar-refractivity contribution < 1.29 is 14.3 Å². The Balaban J connectivity index is 1.44. The maximum absolute atomic E-state index is 13.7. The lowest BCUT2D eigenvalue weighted by Crippen LogP contribution is -2.40. The van der Waals surface area contributed by atoms with Gasteiger partial charge in [-0.1, -0.05) is 71.8 Å². The number of aryl methyl sites for hydroxylation is 2. The quantitative estimate of drug-likeness (QED) is 0.326. The highest BCUT2D eigenvalue weighted by atomic mass is 16.5. The second-order valence-electron chi connectivity index (χ2n) is 9.91. The molecule has 0 bridgehead atoms. The van der Waals surface area contributed by atoms with Crippen LogP contribution in [-0.2, 0) is 11.2 Å². The first-order chi connectivity index (χ1) is 18.4. The van der Waals surface area contributed by atoms with E-state index in [1.807, 2.05) is 84.6 Å². The predicted molar refractivity (Wildman–Crippen MR) is 151 cm³/mol. The van der Waals surface area contributed by atoms with Gasteiger partial charge < -0.3 is 15.0 Å². The molecule has 1 aliphatic rings. The highest BCUT2D eigenvalue weighted by molar-refractivity contribution is 5.95. The van der Waals surface area contributed by atoms with E-state index < -0.39 is 6.10 Å². The van der Waals surface area contributed by atoms with E-state index in [0.29, 0.717) is 17.9 Å². The fourth-order valence-corrected chi connectivity index (χ4v) is 4.97. The molecule has 0 radical (unpaired) electrons. The van der Waals surface area contributed by atoms with Crippen molar-refractivity contribution >= 4 is 17.5 Å². The molecule has 4 aromatic carbocycles. The van der Waals surface area contributed by atoms with Crippen LogP contribution >= 0.6 is 0 Å². The number of rotatable bonds is 6. The molecule has 5 heteroatoms. The highest BCUT2D eigenvalue weighted by Gasteiger charge is 2.33. The topological polar surface area (TPSA) is 58.6 Å². The van der Waals surface area contributed by atoms with Gasteiger partial charge in [-0.3, -0.25) is 9.59 Å². The molecule has 1 aliphatic heterocycles. The minimum atomic E-state index is -0.697. The summed E-state index contributed by atoms with van der Waals surface area (Å²) in [6.45, 7) is 6.43. The van der Waals surface area contributed by atoms with E-state index in [-0.39, 0.29) is 17.9 Å². The summed E-state index contributed by atoms with van der Waals surface area (Å²) in [4.78, 5) is 28.4. The van der Waals surface area contributed by atoms with Crippen molar-refractivity contribution in [2.75, 3.05) is 11.9 Å². The first-order valence-corrected chi connectivity index (χ1v) is 13.0. The summed E-state index contributed by atoms with van der Waals surface area (Å²) >= 11 is 0. The number of fused-ring (bicyclic) bond motifs is 1. The third-order valence-corrected chi connectivity index (χ3v) is 6.99. The van der Waals surface area contributed by atoms with Gasteiger partial charge >= 0.3 is 0 Å². The van der Waals surface area contributed by atoms with E-state index in [2.05, 4.69) is 36.5 Å². The summed E-state index contributed by atoms with van der Waals surface area (Å²) in [7, 11) is 0. The van der Waals surface area contributed by atoms with Crippen LogP contribution in [0.2, 0.25) is 0 Å². The molecule has 0 aliphatic carbocycles. The number of carbonyl (C=O) groups is 2. The molecule has 192 valence electrons. The first-order valence-electron chi connectivity index (χ1n) is 13.0. The molecule has 4 aromatic rings. The monoisotopic (exact) mass is 504 g/mol. The average molecular weight is 505 g/mol. The van der Waals surface area contributed by atoms with E-state index in [0.717, 1.165) is 34.4 Å². The molecule has 0 fully saturated rings. The summed E-state index contributed by atoms with van der Waals surface area (Å²) in [5.41, 5.74) is 6.92. The lowest BCUT2D eigenvalue weighted by Gasteiger charge is -2.38. The summed E-state index contributed by atoms with van der Waals surface area (Å²) in [5, 5.41) is 2.92. The third kappa shape index (κ3) is 5.47. The fourth-order valence-electron chi connectivity index (χ4n) is 4.97. The number of hydrogen-bond donors (Lipinski definition) is 1. The van der Waals surface area contributed by atoms with Crippen molar-refractivity contribution in [1.82, 2.24) is 4.90 Å². The van der Waals surface area contributed by atoms with Gasteiger partial charge in [0.1, 0.15) is 5.75 Å². The Morgan fingerprint density at radius 1 is 0.868 bits per heavy atom. The Kier molecular flexibility index (Phi) is 7.27. The molecule has 0 saturated heterocycles. The van der Waals surface area contributed by atoms with Crippen molar-refractivity contribution in [3.63, 3.8) is 0 Å². The lowest BCUT2D eigenvalue weighted by molar-refractivity contribution is -0.122. The number of amides is 2. The molecule has 1 N–H and O–H groups in total. The number of carbonyl (C=O) groups excluding carboxylic acids is 2. The van der Waals surface area contributed by atoms with Crippen LogP contribution in [0.5, 0.6) is 5.75 Å². The van der Waals surface area contributed by atoms with Gasteiger partial charge in [0.15, 0.2) is 6.10 Å². The van der Waals surface area contributed by atoms with Crippen LogP contribution in [0, 0.1) is 13.8 Å². The smallest absolute Gasteiger partial charge is 0.265 e. The molecule has 5 rings (SSSR count). The van der Waals surface area contributed by atoms with Crippen molar-refractivity contribution in [2.45, 2.75) is 39.3 Å². The fraction of sp³-hybridized carbons (Fsp3) is 0.212. The summed E-state index contributed by atoms with van der Waals surface area (Å²) in [6.07, 6.45) is 0.0531. The van der Waals surface area contributed by atoms with Gasteiger partial charge in [0.05, 0.1) is 6.04 Å². The van der Waals surface area contributed by atoms with Gasteiger partial charge in [-0.2, -0.15) is 0 Å². The van der Waals surface area contributed by atoms with Gasteiger partial charge in [0.2, 0.25) is 0 Å². The third-order valence-electron chi connectivity index (χ3n) is 6.99. The summed E-state index contributed by atoms with van der Waals surface area (Å²) in [5.74, 6) is 0.379. The molecule has 5 nitrogen and oxygen atoms in total. The number of nitrogens with one attached hydrogen (secondary N) is 1. The van der Waals surface area contributed by atoms with Gasteiger partial charge in [-0.25, -0.2) is 0 Å². The zero-order valence-corrected chi connectivity index (χ0v) is 22.0. The SMILES string of the molecule is Cc1ccc(NC(=O)[C@H](C)Oc2ccc3c(c2)[C@@H](c2cccc(C)c2)N(C(=O)c2ccccc2)CC3)cc1. The number of ether oxygens (including phenoxy) is 1. The van der Waals surface area contributed by atoms with Crippen LogP contribution < -0.4 is 10.1 Å². The molecule has 1 heterocycles. The minimum Gasteiger partial charge on any atom is -0.481 e. The Hall–Kier alpha value is -4.38. The van der Waals surface area contributed by atoms with Gasteiger partial charge in [0, 0.05) is 17.8 Å². The molecule has 0 saturated carbocycles. The second kappa shape index (κ2) is 10.9. The molecule has 0 spiro atoms. The normalized spacial score (nSPS) is 15.3. The van der Waals surface area contributed by atoms with Crippen LogP contribution in [0.3, 0.4) is 0 Å². The van der Waals surface area contributed by atoms with Crippen molar-refractivity contribution in [3.05, 3.63) is 130 Å².